The number of likely N-dealkylation sites (tertiary alicyclic amines) is 1. The van der Waals surface area contributed by atoms with Gasteiger partial charge in [0, 0.05) is 24.2 Å². The third-order valence-electron chi connectivity index (χ3n) is 9.75. The second kappa shape index (κ2) is 13.1. The van der Waals surface area contributed by atoms with Crippen LogP contribution in [0.1, 0.15) is 77.9 Å². The molecule has 8 nitrogen and oxygen atoms in total. The fourth-order valence-electron chi connectivity index (χ4n) is 7.05. The Labute approximate surface area is 273 Å². The lowest BCUT2D eigenvalue weighted by molar-refractivity contribution is 0.250. The third-order valence-corrected chi connectivity index (χ3v) is 9.75. The summed E-state index contributed by atoms with van der Waals surface area (Å²) in [6, 6.07) is 18.1. The SMILES string of the molecule is CCc1cc(C2CCN(C)CC2)ccc1Cc1ncc2c(n1)N(c1ccc(OC)cc1OC)C(=O)N(c1c(C)cccc1C)C2C. The number of benzene rings is 3. The maximum atomic E-state index is 14.7. The van der Waals surface area contributed by atoms with Crippen LogP contribution >= 0.6 is 0 Å². The molecule has 1 atom stereocenters. The second-order valence-electron chi connectivity index (χ2n) is 12.6. The maximum Gasteiger partial charge on any atom is 0.335 e. The van der Waals surface area contributed by atoms with Gasteiger partial charge in [-0.3, -0.25) is 4.90 Å². The van der Waals surface area contributed by atoms with E-state index in [2.05, 4.69) is 37.1 Å². The first-order chi connectivity index (χ1) is 22.2. The minimum atomic E-state index is -0.281. The number of ether oxygens (including phenoxy) is 2. The molecule has 3 aromatic carbocycles. The van der Waals surface area contributed by atoms with Gasteiger partial charge in [0.2, 0.25) is 0 Å². The highest BCUT2D eigenvalue weighted by atomic mass is 16.5. The van der Waals surface area contributed by atoms with Crippen LogP contribution in [0.5, 0.6) is 11.5 Å². The number of anilines is 3. The molecule has 0 radical (unpaired) electrons. The molecule has 1 unspecified atom stereocenters. The molecule has 1 fully saturated rings. The van der Waals surface area contributed by atoms with Gasteiger partial charge in [-0.25, -0.2) is 19.7 Å². The Bertz CT molecular complexity index is 1730. The summed E-state index contributed by atoms with van der Waals surface area (Å²) >= 11 is 0. The van der Waals surface area contributed by atoms with Gasteiger partial charge in [-0.1, -0.05) is 43.3 Å². The number of hydrogen-bond acceptors (Lipinski definition) is 6. The fraction of sp³-hybridized carbons (Fsp3) is 0.395. The monoisotopic (exact) mass is 619 g/mol. The lowest BCUT2D eigenvalue weighted by Crippen LogP contribution is -2.48. The molecule has 0 saturated carbocycles. The highest BCUT2D eigenvalue weighted by molar-refractivity contribution is 6.12. The van der Waals surface area contributed by atoms with Gasteiger partial charge in [0.1, 0.15) is 23.1 Å². The average molecular weight is 620 g/mol. The van der Waals surface area contributed by atoms with E-state index in [1.165, 1.54) is 29.5 Å². The first-order valence-corrected chi connectivity index (χ1v) is 16.3. The van der Waals surface area contributed by atoms with Crippen molar-refractivity contribution in [2.45, 2.75) is 65.3 Å². The van der Waals surface area contributed by atoms with Crippen LogP contribution in [0.3, 0.4) is 0 Å². The molecule has 3 heterocycles. The van der Waals surface area contributed by atoms with Crippen molar-refractivity contribution >= 4 is 23.2 Å². The minimum absolute atomic E-state index is 0.192. The van der Waals surface area contributed by atoms with Crippen molar-refractivity contribution < 1.29 is 14.3 Å². The Hall–Kier alpha value is -4.43. The van der Waals surface area contributed by atoms with E-state index in [4.69, 9.17) is 19.4 Å². The summed E-state index contributed by atoms with van der Waals surface area (Å²) in [6.07, 6.45) is 5.82. The van der Waals surface area contributed by atoms with Crippen LogP contribution in [0.25, 0.3) is 0 Å². The van der Waals surface area contributed by atoms with E-state index in [0.29, 0.717) is 41.2 Å². The normalized spacial score (nSPS) is 17.3. The average Bonchev–Trinajstić information content (AvgIpc) is 3.06. The van der Waals surface area contributed by atoms with E-state index in [-0.39, 0.29) is 12.1 Å². The van der Waals surface area contributed by atoms with Crippen LogP contribution in [0.15, 0.2) is 60.8 Å². The van der Waals surface area contributed by atoms with Gasteiger partial charge in [-0.15, -0.1) is 0 Å². The molecule has 46 heavy (non-hydrogen) atoms. The molecular formula is C38H45N5O3. The number of nitrogens with zero attached hydrogens (tertiary/aromatic N) is 5. The molecule has 0 bridgehead atoms. The molecule has 2 aliphatic heterocycles. The molecule has 0 N–H and O–H groups in total. The summed E-state index contributed by atoms with van der Waals surface area (Å²) in [7, 11) is 5.42. The van der Waals surface area contributed by atoms with E-state index in [1.807, 2.05) is 62.2 Å². The van der Waals surface area contributed by atoms with Crippen LogP contribution in [0.2, 0.25) is 0 Å². The number of methoxy groups -OCH3 is 2. The topological polar surface area (TPSA) is 71.0 Å². The van der Waals surface area contributed by atoms with E-state index >= 15 is 0 Å². The Kier molecular flexibility index (Phi) is 9.00. The zero-order valence-electron chi connectivity index (χ0n) is 28.1. The molecule has 1 saturated heterocycles. The van der Waals surface area contributed by atoms with Gasteiger partial charge in [0.25, 0.3) is 0 Å². The van der Waals surface area contributed by atoms with Crippen LogP contribution < -0.4 is 19.3 Å². The first kappa shape index (κ1) is 31.5. The van der Waals surface area contributed by atoms with Crippen molar-refractivity contribution in [3.63, 3.8) is 0 Å². The Morgan fingerprint density at radius 3 is 2.35 bits per heavy atom. The lowest BCUT2D eigenvalue weighted by atomic mass is 9.87. The largest absolute Gasteiger partial charge is 0.497 e. The molecule has 2 amide bonds. The number of urea groups is 1. The smallest absolute Gasteiger partial charge is 0.335 e. The van der Waals surface area contributed by atoms with Gasteiger partial charge in [0.05, 0.1) is 31.6 Å². The zero-order chi connectivity index (χ0) is 32.5. The molecule has 2 aliphatic rings. The number of rotatable bonds is 8. The standard InChI is InChI=1S/C38H45N5O3/c1-8-27-20-29(28-16-18-41(5)19-17-28)12-13-30(27)21-35-39-23-32-26(4)42(36-24(2)10-9-11-25(36)3)38(44)43(37(32)40-35)33-15-14-31(45-6)22-34(33)46-7/h9-15,20,22-23,26,28H,8,16-19,21H2,1-7H3. The van der Waals surface area contributed by atoms with Crippen LogP contribution in [-0.2, 0) is 12.8 Å². The summed E-state index contributed by atoms with van der Waals surface area (Å²) in [4.78, 5) is 30.7. The van der Waals surface area contributed by atoms with Gasteiger partial charge >= 0.3 is 6.03 Å². The van der Waals surface area contributed by atoms with Crippen molar-refractivity contribution in [3.05, 3.63) is 100.0 Å². The number of piperidine rings is 1. The maximum absolute atomic E-state index is 14.7. The molecule has 0 aliphatic carbocycles. The summed E-state index contributed by atoms with van der Waals surface area (Å²) in [6.45, 7) is 10.6. The minimum Gasteiger partial charge on any atom is -0.497 e. The summed E-state index contributed by atoms with van der Waals surface area (Å²) in [5.74, 6) is 3.03. The van der Waals surface area contributed by atoms with Crippen molar-refractivity contribution in [1.29, 1.82) is 0 Å². The highest BCUT2D eigenvalue weighted by Crippen LogP contribution is 2.46. The summed E-state index contributed by atoms with van der Waals surface area (Å²) in [5, 5.41) is 0. The molecule has 6 rings (SSSR count). The van der Waals surface area contributed by atoms with Crippen LogP contribution in [0, 0.1) is 13.8 Å². The number of hydrogen-bond donors (Lipinski definition) is 0. The molecule has 1 aromatic heterocycles. The molecule has 8 heteroatoms. The number of carbonyl (C=O) groups excluding carboxylic acids is 1. The molecule has 4 aromatic rings. The number of fused-ring (bicyclic) bond motifs is 1. The number of para-hydroxylation sites is 1. The van der Waals surface area contributed by atoms with Crippen molar-refractivity contribution in [2.75, 3.05) is 44.2 Å². The van der Waals surface area contributed by atoms with E-state index in [9.17, 15) is 4.79 Å². The Morgan fingerprint density at radius 1 is 0.935 bits per heavy atom. The number of aromatic nitrogens is 2. The van der Waals surface area contributed by atoms with E-state index < -0.39 is 0 Å². The predicted octanol–water partition coefficient (Wildman–Crippen LogP) is 7.91. The zero-order valence-corrected chi connectivity index (χ0v) is 28.1. The van der Waals surface area contributed by atoms with Crippen molar-refractivity contribution in [1.82, 2.24) is 14.9 Å². The summed E-state index contributed by atoms with van der Waals surface area (Å²) in [5.41, 5.74) is 8.40. The van der Waals surface area contributed by atoms with E-state index in [0.717, 1.165) is 41.9 Å². The summed E-state index contributed by atoms with van der Waals surface area (Å²) < 4.78 is 11.3. The number of carbonyl (C=O) groups is 1. The predicted molar refractivity (Wildman–Crippen MR) is 184 cm³/mol. The lowest BCUT2D eigenvalue weighted by Gasteiger charge is -2.41. The molecular weight excluding hydrogens is 574 g/mol. The Balaban J connectivity index is 1.43. The third kappa shape index (κ3) is 5.82. The van der Waals surface area contributed by atoms with Gasteiger partial charge in [-0.05, 0) is 106 Å². The molecule has 0 spiro atoms. The number of amides is 2. The number of aryl methyl sites for hydroxylation is 3. The Morgan fingerprint density at radius 2 is 1.67 bits per heavy atom. The highest BCUT2D eigenvalue weighted by Gasteiger charge is 2.41. The van der Waals surface area contributed by atoms with E-state index in [1.54, 1.807) is 25.2 Å². The first-order valence-electron chi connectivity index (χ1n) is 16.3. The van der Waals surface area contributed by atoms with Gasteiger partial charge in [-0.2, -0.15) is 0 Å². The van der Waals surface area contributed by atoms with Gasteiger partial charge < -0.3 is 14.4 Å². The quantitative estimate of drug-likeness (QED) is 0.200. The van der Waals surface area contributed by atoms with Crippen molar-refractivity contribution in [2.24, 2.45) is 0 Å². The van der Waals surface area contributed by atoms with Crippen LogP contribution in [0.4, 0.5) is 22.0 Å². The van der Waals surface area contributed by atoms with Gasteiger partial charge in [0.15, 0.2) is 0 Å². The molecule has 240 valence electrons. The fourth-order valence-corrected chi connectivity index (χ4v) is 7.05. The second-order valence-corrected chi connectivity index (χ2v) is 12.6. The van der Waals surface area contributed by atoms with Crippen molar-refractivity contribution in [3.8, 4) is 11.5 Å². The van der Waals surface area contributed by atoms with Crippen LogP contribution in [-0.4, -0.2) is 55.3 Å².